The number of amides is 1. The van der Waals surface area contributed by atoms with E-state index in [1.54, 1.807) is 23.1 Å². The van der Waals surface area contributed by atoms with Crippen LogP contribution in [0.2, 0.25) is 0 Å². The smallest absolute Gasteiger partial charge is 0.253 e. The van der Waals surface area contributed by atoms with Crippen LogP contribution < -0.4 is 0 Å². The van der Waals surface area contributed by atoms with Crippen molar-refractivity contribution in [2.45, 2.75) is 7.59 Å². The van der Waals surface area contributed by atoms with Gasteiger partial charge in [0.1, 0.15) is 0 Å². The molecular weight excluding hydrogens is 628 g/mol. The molecule has 0 aliphatic carbocycles. The summed E-state index contributed by atoms with van der Waals surface area (Å²) >= 11 is 50.4. The lowest BCUT2D eigenvalue weighted by Gasteiger charge is -2.21. The van der Waals surface area contributed by atoms with E-state index in [4.69, 9.17) is 92.8 Å². The lowest BCUT2D eigenvalue weighted by atomic mass is 10.1. The highest BCUT2D eigenvalue weighted by molar-refractivity contribution is 9.10. The normalized spacial score (nSPS) is 12.2. The van der Waals surface area contributed by atoms with Gasteiger partial charge in [-0.15, -0.1) is 23.2 Å². The van der Waals surface area contributed by atoms with E-state index >= 15 is 0 Å². The van der Waals surface area contributed by atoms with Crippen molar-refractivity contribution in [2.75, 3.05) is 24.8 Å². The predicted octanol–water partition coefficient (Wildman–Crippen LogP) is 6.87. The molecule has 0 N–H and O–H groups in total. The van der Waals surface area contributed by atoms with Gasteiger partial charge in [0.2, 0.25) is 7.59 Å². The van der Waals surface area contributed by atoms with E-state index in [9.17, 15) is 4.79 Å². The van der Waals surface area contributed by atoms with Gasteiger partial charge in [-0.1, -0.05) is 85.5 Å². The maximum atomic E-state index is 12.7. The molecule has 2 aromatic rings. The second-order valence-corrected chi connectivity index (χ2v) is 11.8. The van der Waals surface area contributed by atoms with Crippen LogP contribution in [0.3, 0.4) is 0 Å². The van der Waals surface area contributed by atoms with Crippen LogP contribution in [-0.2, 0) is 7.59 Å². The van der Waals surface area contributed by atoms with E-state index in [1.807, 2.05) is 0 Å². The zero-order chi connectivity index (χ0) is 22.7. The predicted molar refractivity (Wildman–Crippen MR) is 129 cm³/mol. The van der Waals surface area contributed by atoms with Crippen molar-refractivity contribution in [2.24, 2.45) is 0 Å². The second-order valence-electron chi connectivity index (χ2n) is 5.67. The molecule has 0 atom stereocenters. The molecule has 0 saturated carbocycles. The van der Waals surface area contributed by atoms with E-state index in [1.165, 1.54) is 0 Å². The first-order chi connectivity index (χ1) is 13.9. The number of nitrogens with zero attached hydrogens (tertiary/aromatic N) is 4. The van der Waals surface area contributed by atoms with E-state index < -0.39 is 7.59 Å². The molecule has 2 rings (SSSR count). The number of benzene rings is 1. The molecule has 5 nitrogen and oxygen atoms in total. The van der Waals surface area contributed by atoms with Gasteiger partial charge in [0.05, 0.1) is 0 Å². The summed E-state index contributed by atoms with van der Waals surface area (Å²) in [5.41, 5.74) is 0.860. The third-order valence-electron chi connectivity index (χ3n) is 3.60. The zero-order valence-corrected chi connectivity index (χ0v) is 22.3. The third kappa shape index (κ3) is 7.00. The first-order valence-electron chi connectivity index (χ1n) is 8.00. The Morgan fingerprint density at radius 1 is 0.900 bits per heavy atom. The molecular formula is C16H11BrCl8N4O. The average molecular weight is 639 g/mol. The number of carbonyl (C=O) groups is 1. The van der Waals surface area contributed by atoms with E-state index in [-0.39, 0.29) is 35.1 Å². The van der Waals surface area contributed by atoms with Gasteiger partial charge in [-0.2, -0.15) is 0 Å². The number of carbonyl (C=O) groups excluding carboxylic acids is 1. The van der Waals surface area contributed by atoms with Crippen LogP contribution >= 0.6 is 109 Å². The monoisotopic (exact) mass is 634 g/mol. The highest BCUT2D eigenvalue weighted by atomic mass is 79.9. The molecule has 164 valence electrons. The van der Waals surface area contributed by atoms with Gasteiger partial charge in [0, 0.05) is 40.4 Å². The van der Waals surface area contributed by atoms with Gasteiger partial charge in [-0.25, -0.2) is 15.0 Å². The van der Waals surface area contributed by atoms with Crippen LogP contribution in [0.15, 0.2) is 22.7 Å². The highest BCUT2D eigenvalue weighted by Crippen LogP contribution is 2.41. The van der Waals surface area contributed by atoms with Crippen molar-refractivity contribution in [3.05, 3.63) is 39.9 Å². The lowest BCUT2D eigenvalue weighted by molar-refractivity contribution is 0.0775. The Balaban J connectivity index is 2.51. The maximum absolute atomic E-state index is 12.7. The molecule has 0 unspecified atom stereocenters. The Kier molecular flexibility index (Phi) is 9.88. The summed E-state index contributed by atoms with van der Waals surface area (Å²) < 4.78 is -3.47. The first-order valence-corrected chi connectivity index (χ1v) is 12.1. The fraction of sp³-hybridized carbons (Fsp3) is 0.375. The third-order valence-corrected chi connectivity index (χ3v) is 5.60. The summed E-state index contributed by atoms with van der Waals surface area (Å²) in [5, 5.41) is 0. The minimum Gasteiger partial charge on any atom is -0.336 e. The molecule has 1 aromatic heterocycles. The summed E-state index contributed by atoms with van der Waals surface area (Å²) in [6.07, 6.45) is 0. The highest BCUT2D eigenvalue weighted by Gasteiger charge is 2.34. The molecule has 0 radical (unpaired) electrons. The Bertz CT molecular complexity index is 881. The number of hydrogen-bond acceptors (Lipinski definition) is 4. The van der Waals surface area contributed by atoms with Crippen molar-refractivity contribution >= 4 is 115 Å². The number of aromatic nitrogens is 3. The van der Waals surface area contributed by atoms with Gasteiger partial charge >= 0.3 is 0 Å². The van der Waals surface area contributed by atoms with Gasteiger partial charge in [0.15, 0.2) is 17.5 Å². The number of rotatable bonds is 6. The zero-order valence-electron chi connectivity index (χ0n) is 14.7. The van der Waals surface area contributed by atoms with Crippen molar-refractivity contribution in [1.82, 2.24) is 19.9 Å². The van der Waals surface area contributed by atoms with E-state index in [0.29, 0.717) is 28.7 Å². The SMILES string of the molecule is O=C(c1ccc(-c2nc(C(Cl)(Cl)Cl)nc(C(Cl)(Cl)Cl)n2)c(Br)c1)N(CCCl)CCCl. The van der Waals surface area contributed by atoms with E-state index in [2.05, 4.69) is 30.9 Å². The van der Waals surface area contributed by atoms with Crippen LogP contribution in [0.4, 0.5) is 0 Å². The quantitative estimate of drug-likeness (QED) is 0.324. The lowest BCUT2D eigenvalue weighted by Crippen LogP contribution is -2.34. The second kappa shape index (κ2) is 11.1. The molecule has 30 heavy (non-hydrogen) atoms. The Hall–Kier alpha value is 0.500. The first kappa shape index (κ1) is 26.7. The maximum Gasteiger partial charge on any atom is 0.253 e. The molecule has 0 aliphatic rings. The number of hydrogen-bond donors (Lipinski definition) is 0. The van der Waals surface area contributed by atoms with Gasteiger partial charge < -0.3 is 4.90 Å². The summed E-state index contributed by atoms with van der Waals surface area (Å²) in [6.45, 7) is 0.721. The summed E-state index contributed by atoms with van der Waals surface area (Å²) in [7, 11) is 0. The number of halogens is 9. The Morgan fingerprint density at radius 2 is 1.40 bits per heavy atom. The van der Waals surface area contributed by atoms with Crippen LogP contribution in [0, 0.1) is 0 Å². The Morgan fingerprint density at radius 3 is 1.80 bits per heavy atom. The summed E-state index contributed by atoms with van der Waals surface area (Å²) in [5.74, 6) is -0.0267. The minimum atomic E-state index is -1.98. The molecule has 0 saturated heterocycles. The van der Waals surface area contributed by atoms with Crippen LogP contribution in [0.1, 0.15) is 22.0 Å². The average Bonchev–Trinajstić information content (AvgIpc) is 2.65. The van der Waals surface area contributed by atoms with Gasteiger partial charge in [-0.05, 0) is 18.2 Å². The van der Waals surface area contributed by atoms with Crippen molar-refractivity contribution in [3.63, 3.8) is 0 Å². The molecule has 1 heterocycles. The fourth-order valence-corrected chi connectivity index (χ4v) is 3.75. The number of alkyl halides is 8. The van der Waals surface area contributed by atoms with Gasteiger partial charge in [-0.3, -0.25) is 4.79 Å². The molecule has 14 heteroatoms. The molecule has 1 aromatic carbocycles. The molecule has 1 amide bonds. The standard InChI is InChI=1S/C16H11BrCl8N4O/c17-10-7-8(12(30)29(5-3-18)6-4-19)1-2-9(10)11-26-13(15(20,21)22)28-14(27-11)16(23,24)25/h1-2,7H,3-6H2. The van der Waals surface area contributed by atoms with Crippen molar-refractivity contribution in [3.8, 4) is 11.4 Å². The Labute approximate surface area is 221 Å². The molecule has 0 aliphatic heterocycles. The van der Waals surface area contributed by atoms with E-state index in [0.717, 1.165) is 0 Å². The summed E-state index contributed by atoms with van der Waals surface area (Å²) in [4.78, 5) is 26.5. The summed E-state index contributed by atoms with van der Waals surface area (Å²) in [6, 6.07) is 4.79. The van der Waals surface area contributed by atoms with Crippen molar-refractivity contribution < 1.29 is 4.79 Å². The van der Waals surface area contributed by atoms with Crippen LogP contribution in [0.5, 0.6) is 0 Å². The molecule has 0 spiro atoms. The minimum absolute atomic E-state index is 0.0805. The molecule has 0 fully saturated rings. The van der Waals surface area contributed by atoms with Gasteiger partial charge in [0.25, 0.3) is 5.91 Å². The van der Waals surface area contributed by atoms with Crippen LogP contribution in [0.25, 0.3) is 11.4 Å². The largest absolute Gasteiger partial charge is 0.336 e. The van der Waals surface area contributed by atoms with Crippen LogP contribution in [-0.4, -0.2) is 50.6 Å². The molecule has 0 bridgehead atoms. The van der Waals surface area contributed by atoms with Crippen molar-refractivity contribution in [1.29, 1.82) is 0 Å². The fourth-order valence-electron chi connectivity index (χ4n) is 2.28. The topological polar surface area (TPSA) is 59.0 Å².